The van der Waals surface area contributed by atoms with Crippen molar-refractivity contribution in [2.24, 2.45) is 5.92 Å². The number of amides is 1. The van der Waals surface area contributed by atoms with Crippen LogP contribution in [0.1, 0.15) is 30.7 Å². The Morgan fingerprint density at radius 2 is 2.08 bits per heavy atom. The largest absolute Gasteiger partial charge is 0.371 e. The minimum Gasteiger partial charge on any atom is -0.371 e. The molecular formula is C19H25N5O. The molecule has 1 aromatic carbocycles. The SMILES string of the molecule is CN(Cc1ccccc1N1CCCC1)C(=O)C1CCc2nncn2C1. The summed E-state index contributed by atoms with van der Waals surface area (Å²) in [5.74, 6) is 1.23. The van der Waals surface area contributed by atoms with Gasteiger partial charge in [0.1, 0.15) is 12.2 Å². The molecule has 1 unspecified atom stereocenters. The van der Waals surface area contributed by atoms with E-state index in [2.05, 4.69) is 39.4 Å². The number of fused-ring (bicyclic) bond motifs is 1. The van der Waals surface area contributed by atoms with Crippen molar-refractivity contribution in [2.45, 2.75) is 38.8 Å². The Morgan fingerprint density at radius 1 is 1.28 bits per heavy atom. The third kappa shape index (κ3) is 3.25. The molecule has 1 atom stereocenters. The fourth-order valence-corrected chi connectivity index (χ4v) is 4.01. The number of nitrogens with zero attached hydrogens (tertiary/aromatic N) is 5. The summed E-state index contributed by atoms with van der Waals surface area (Å²) in [7, 11) is 1.92. The minimum absolute atomic E-state index is 0.0208. The molecule has 3 heterocycles. The van der Waals surface area contributed by atoms with Crippen molar-refractivity contribution in [3.8, 4) is 0 Å². The standard InChI is InChI=1S/C19H25N5O/c1-22(19(25)16-8-9-18-21-20-14-24(18)13-16)12-15-6-2-3-7-17(15)23-10-4-5-11-23/h2-3,6-7,14,16H,4-5,8-13H2,1H3. The highest BCUT2D eigenvalue weighted by atomic mass is 16.2. The molecule has 0 N–H and O–H groups in total. The lowest BCUT2D eigenvalue weighted by molar-refractivity contribution is -0.135. The van der Waals surface area contributed by atoms with E-state index in [0.29, 0.717) is 13.1 Å². The Hall–Kier alpha value is -2.37. The summed E-state index contributed by atoms with van der Waals surface area (Å²) in [6.07, 6.45) is 5.93. The predicted molar refractivity (Wildman–Crippen MR) is 96.2 cm³/mol. The van der Waals surface area contributed by atoms with Crippen LogP contribution in [0.5, 0.6) is 0 Å². The van der Waals surface area contributed by atoms with E-state index in [4.69, 9.17) is 0 Å². The summed E-state index contributed by atoms with van der Waals surface area (Å²) in [5, 5.41) is 8.05. The van der Waals surface area contributed by atoms with E-state index in [1.54, 1.807) is 6.33 Å². The molecule has 132 valence electrons. The first-order valence-electron chi connectivity index (χ1n) is 9.17. The lowest BCUT2D eigenvalue weighted by atomic mass is 9.97. The summed E-state index contributed by atoms with van der Waals surface area (Å²) < 4.78 is 2.01. The highest BCUT2D eigenvalue weighted by molar-refractivity contribution is 5.79. The maximum absolute atomic E-state index is 12.9. The first-order valence-corrected chi connectivity index (χ1v) is 9.17. The molecule has 1 amide bonds. The summed E-state index contributed by atoms with van der Waals surface area (Å²) in [4.78, 5) is 17.3. The van der Waals surface area contributed by atoms with Crippen molar-refractivity contribution in [2.75, 3.05) is 25.0 Å². The van der Waals surface area contributed by atoms with Crippen molar-refractivity contribution in [3.05, 3.63) is 42.0 Å². The van der Waals surface area contributed by atoms with Gasteiger partial charge in [-0.2, -0.15) is 0 Å². The van der Waals surface area contributed by atoms with Gasteiger partial charge < -0.3 is 14.4 Å². The molecule has 1 saturated heterocycles. The van der Waals surface area contributed by atoms with E-state index in [1.165, 1.54) is 24.1 Å². The van der Waals surface area contributed by atoms with Crippen LogP contribution in [0, 0.1) is 5.92 Å². The van der Waals surface area contributed by atoms with Crippen molar-refractivity contribution >= 4 is 11.6 Å². The molecule has 0 saturated carbocycles. The number of aromatic nitrogens is 3. The molecule has 0 bridgehead atoms. The maximum atomic E-state index is 12.9. The monoisotopic (exact) mass is 339 g/mol. The van der Waals surface area contributed by atoms with Crippen LogP contribution in [0.25, 0.3) is 0 Å². The molecule has 25 heavy (non-hydrogen) atoms. The van der Waals surface area contributed by atoms with Crippen LogP contribution >= 0.6 is 0 Å². The molecule has 4 rings (SSSR count). The van der Waals surface area contributed by atoms with Gasteiger partial charge in [-0.1, -0.05) is 18.2 Å². The van der Waals surface area contributed by atoms with Gasteiger partial charge in [0.25, 0.3) is 0 Å². The smallest absolute Gasteiger partial charge is 0.227 e. The third-order valence-electron chi connectivity index (χ3n) is 5.40. The lowest BCUT2D eigenvalue weighted by Crippen LogP contribution is -2.37. The molecule has 0 spiro atoms. The number of benzene rings is 1. The van der Waals surface area contributed by atoms with Crippen molar-refractivity contribution in [1.29, 1.82) is 0 Å². The van der Waals surface area contributed by atoms with Gasteiger partial charge in [-0.3, -0.25) is 4.79 Å². The molecule has 1 aromatic heterocycles. The van der Waals surface area contributed by atoms with Crippen LogP contribution in [0.15, 0.2) is 30.6 Å². The van der Waals surface area contributed by atoms with Gasteiger partial charge in [-0.15, -0.1) is 10.2 Å². The highest BCUT2D eigenvalue weighted by Crippen LogP contribution is 2.26. The first-order chi connectivity index (χ1) is 12.2. The topological polar surface area (TPSA) is 54.3 Å². The van der Waals surface area contributed by atoms with Crippen molar-refractivity contribution in [3.63, 3.8) is 0 Å². The normalized spacial score (nSPS) is 19.7. The van der Waals surface area contributed by atoms with Gasteiger partial charge in [0, 0.05) is 45.3 Å². The van der Waals surface area contributed by atoms with Crippen LogP contribution in [0.2, 0.25) is 0 Å². The van der Waals surface area contributed by atoms with E-state index in [1.807, 2.05) is 16.5 Å². The Labute approximate surface area is 148 Å². The number of hydrogen-bond donors (Lipinski definition) is 0. The van der Waals surface area contributed by atoms with Gasteiger partial charge in [-0.25, -0.2) is 0 Å². The van der Waals surface area contributed by atoms with Crippen LogP contribution in [-0.2, 0) is 24.3 Å². The highest BCUT2D eigenvalue weighted by Gasteiger charge is 2.28. The fraction of sp³-hybridized carbons (Fsp3) is 0.526. The second-order valence-corrected chi connectivity index (χ2v) is 7.15. The molecule has 6 nitrogen and oxygen atoms in total. The number of anilines is 1. The second kappa shape index (κ2) is 6.86. The zero-order valence-electron chi connectivity index (χ0n) is 14.8. The summed E-state index contributed by atoms with van der Waals surface area (Å²) in [6, 6.07) is 8.49. The van der Waals surface area contributed by atoms with E-state index in [9.17, 15) is 4.79 Å². The number of hydrogen-bond acceptors (Lipinski definition) is 4. The average Bonchev–Trinajstić information content (AvgIpc) is 3.32. The summed E-state index contributed by atoms with van der Waals surface area (Å²) in [5.41, 5.74) is 2.52. The number of carbonyl (C=O) groups is 1. The van der Waals surface area contributed by atoms with Gasteiger partial charge in [0.15, 0.2) is 0 Å². The van der Waals surface area contributed by atoms with Crippen LogP contribution < -0.4 is 4.90 Å². The predicted octanol–water partition coefficient (Wildman–Crippen LogP) is 2.10. The fourth-order valence-electron chi connectivity index (χ4n) is 4.01. The van der Waals surface area contributed by atoms with Gasteiger partial charge in [0.2, 0.25) is 5.91 Å². The molecule has 1 fully saturated rings. The zero-order valence-corrected chi connectivity index (χ0v) is 14.8. The Morgan fingerprint density at radius 3 is 2.92 bits per heavy atom. The van der Waals surface area contributed by atoms with Crippen LogP contribution in [0.4, 0.5) is 5.69 Å². The average molecular weight is 339 g/mol. The maximum Gasteiger partial charge on any atom is 0.227 e. The van der Waals surface area contributed by atoms with Crippen molar-refractivity contribution < 1.29 is 4.79 Å². The number of aryl methyl sites for hydroxylation is 1. The Balaban J connectivity index is 1.45. The summed E-state index contributed by atoms with van der Waals surface area (Å²) in [6.45, 7) is 3.59. The van der Waals surface area contributed by atoms with E-state index < -0.39 is 0 Å². The van der Waals surface area contributed by atoms with Gasteiger partial charge in [-0.05, 0) is 30.9 Å². The zero-order chi connectivity index (χ0) is 17.2. The Kier molecular flexibility index (Phi) is 4.42. The summed E-state index contributed by atoms with van der Waals surface area (Å²) >= 11 is 0. The van der Waals surface area contributed by atoms with Crippen LogP contribution in [0.3, 0.4) is 0 Å². The number of carbonyl (C=O) groups excluding carboxylic acids is 1. The Bertz CT molecular complexity index is 750. The van der Waals surface area contributed by atoms with Crippen LogP contribution in [-0.4, -0.2) is 45.7 Å². The van der Waals surface area contributed by atoms with Gasteiger partial charge >= 0.3 is 0 Å². The lowest BCUT2D eigenvalue weighted by Gasteiger charge is -2.29. The quantitative estimate of drug-likeness (QED) is 0.856. The molecule has 6 heteroatoms. The van der Waals surface area contributed by atoms with Crippen molar-refractivity contribution in [1.82, 2.24) is 19.7 Å². The molecule has 2 aromatic rings. The number of para-hydroxylation sites is 1. The van der Waals surface area contributed by atoms with E-state index >= 15 is 0 Å². The molecule has 0 aliphatic carbocycles. The molecule has 2 aliphatic heterocycles. The molecule has 2 aliphatic rings. The third-order valence-corrected chi connectivity index (χ3v) is 5.40. The number of rotatable bonds is 4. The van der Waals surface area contributed by atoms with E-state index in [0.717, 1.165) is 31.8 Å². The molecule has 0 radical (unpaired) electrons. The van der Waals surface area contributed by atoms with E-state index in [-0.39, 0.29) is 11.8 Å². The second-order valence-electron chi connectivity index (χ2n) is 7.15. The minimum atomic E-state index is 0.0208. The van der Waals surface area contributed by atoms with Gasteiger partial charge in [0.05, 0.1) is 5.92 Å². The first kappa shape index (κ1) is 16.1. The molecular weight excluding hydrogens is 314 g/mol.